The number of rotatable bonds is 8. The molecule has 0 saturated heterocycles. The smallest absolute Gasteiger partial charge is 0.389 e. The van der Waals surface area contributed by atoms with Crippen LogP contribution in [0.1, 0.15) is 42.9 Å². The summed E-state index contributed by atoms with van der Waals surface area (Å²) < 4.78 is 39.4. The monoisotopic (exact) mass is 539 g/mol. The van der Waals surface area contributed by atoms with Gasteiger partial charge >= 0.3 is 12.1 Å². The van der Waals surface area contributed by atoms with E-state index in [-0.39, 0.29) is 48.4 Å². The number of carbonyl (C=O) groups is 2. The van der Waals surface area contributed by atoms with Gasteiger partial charge in [-0.2, -0.15) is 18.3 Å². The topological polar surface area (TPSA) is 149 Å². The summed E-state index contributed by atoms with van der Waals surface area (Å²) in [7, 11) is 0. The number of pyridine rings is 1. The number of fused-ring (bicyclic) bond motifs is 2. The number of alkyl halides is 3. The first-order chi connectivity index (χ1) is 18.5. The number of aromatic nitrogens is 5. The first-order valence-electron chi connectivity index (χ1n) is 12.2. The Labute approximate surface area is 220 Å². The molecule has 4 aromatic rings. The van der Waals surface area contributed by atoms with Crippen molar-refractivity contribution in [1.82, 2.24) is 24.7 Å². The number of carboxylic acid groups (broad SMARTS) is 1. The van der Waals surface area contributed by atoms with Gasteiger partial charge < -0.3 is 16.2 Å². The van der Waals surface area contributed by atoms with E-state index in [0.29, 0.717) is 28.6 Å². The van der Waals surface area contributed by atoms with Crippen molar-refractivity contribution < 1.29 is 27.9 Å². The molecule has 1 aliphatic rings. The van der Waals surface area contributed by atoms with Gasteiger partial charge in [-0.25, -0.2) is 19.6 Å². The van der Waals surface area contributed by atoms with Gasteiger partial charge in [0.15, 0.2) is 11.5 Å². The van der Waals surface area contributed by atoms with Crippen molar-refractivity contribution in [1.29, 1.82) is 0 Å². The van der Waals surface area contributed by atoms with Gasteiger partial charge in [0.2, 0.25) is 5.91 Å². The maximum atomic E-state index is 13.2. The van der Waals surface area contributed by atoms with E-state index in [9.17, 15) is 22.8 Å². The summed E-state index contributed by atoms with van der Waals surface area (Å²) in [4.78, 5) is 37.4. The number of amides is 1. The van der Waals surface area contributed by atoms with Gasteiger partial charge in [0, 0.05) is 25.6 Å². The van der Waals surface area contributed by atoms with Gasteiger partial charge in [0.1, 0.15) is 22.7 Å². The minimum Gasteiger partial charge on any atom is -0.481 e. The molecule has 4 heterocycles. The van der Waals surface area contributed by atoms with Gasteiger partial charge in [-0.1, -0.05) is 24.3 Å². The summed E-state index contributed by atoms with van der Waals surface area (Å²) in [5, 5.41) is 16.7. The number of hydrogen-bond acceptors (Lipinski definition) is 7. The number of nitrogens with two attached hydrogens (primary N) is 1. The largest absolute Gasteiger partial charge is 0.481 e. The molecule has 0 radical (unpaired) electrons. The Hall–Kier alpha value is -4.55. The van der Waals surface area contributed by atoms with Crippen molar-refractivity contribution >= 4 is 34.5 Å². The average molecular weight is 540 g/mol. The van der Waals surface area contributed by atoms with E-state index in [1.165, 1.54) is 10.9 Å². The van der Waals surface area contributed by atoms with Crippen molar-refractivity contribution in [3.63, 3.8) is 0 Å². The van der Waals surface area contributed by atoms with E-state index in [4.69, 9.17) is 10.8 Å². The third-order valence-corrected chi connectivity index (χ3v) is 6.83. The maximum Gasteiger partial charge on any atom is 0.389 e. The van der Waals surface area contributed by atoms with Gasteiger partial charge in [0.25, 0.3) is 0 Å². The first kappa shape index (κ1) is 26.1. The quantitative estimate of drug-likeness (QED) is 0.303. The fourth-order valence-electron chi connectivity index (χ4n) is 4.80. The number of halogens is 3. The molecule has 202 valence electrons. The normalized spacial score (nSPS) is 16.9. The third-order valence-electron chi connectivity index (χ3n) is 6.83. The van der Waals surface area contributed by atoms with Crippen LogP contribution >= 0.6 is 0 Å². The van der Waals surface area contributed by atoms with Crippen LogP contribution in [0.4, 0.5) is 24.8 Å². The number of aryl methyl sites for hydroxylation is 2. The summed E-state index contributed by atoms with van der Waals surface area (Å²) in [6, 6.07) is 10.4. The van der Waals surface area contributed by atoms with Crippen molar-refractivity contribution in [3.8, 4) is 11.5 Å². The number of aliphatic carboxylic acids is 1. The highest BCUT2D eigenvalue weighted by Crippen LogP contribution is 2.45. The lowest BCUT2D eigenvalue weighted by atomic mass is 9.77. The number of nitrogens with zero attached hydrogens (tertiary/aromatic N) is 5. The second-order valence-electron chi connectivity index (χ2n) is 9.49. The van der Waals surface area contributed by atoms with Crippen LogP contribution < -0.4 is 11.1 Å². The van der Waals surface area contributed by atoms with Crippen molar-refractivity contribution in [2.75, 3.05) is 11.1 Å². The second kappa shape index (κ2) is 9.64. The van der Waals surface area contributed by atoms with Gasteiger partial charge in [-0.15, -0.1) is 0 Å². The summed E-state index contributed by atoms with van der Waals surface area (Å²) in [6.07, 6.45) is -3.54. The van der Waals surface area contributed by atoms with Gasteiger partial charge in [-0.05, 0) is 43.0 Å². The van der Waals surface area contributed by atoms with Crippen molar-refractivity contribution in [2.24, 2.45) is 0 Å². The fourth-order valence-corrected chi connectivity index (χ4v) is 4.80. The Morgan fingerprint density at radius 2 is 1.92 bits per heavy atom. The molecule has 1 atom stereocenters. The number of benzene rings is 1. The Kier molecular flexibility index (Phi) is 6.44. The molecular formula is C26H24F3N7O3. The van der Waals surface area contributed by atoms with Crippen LogP contribution in [0.3, 0.4) is 0 Å². The highest BCUT2D eigenvalue weighted by Gasteiger charge is 2.47. The summed E-state index contributed by atoms with van der Waals surface area (Å²) >= 11 is 0. The molecule has 39 heavy (non-hydrogen) atoms. The predicted molar refractivity (Wildman–Crippen MR) is 136 cm³/mol. The third kappa shape index (κ3) is 4.87. The van der Waals surface area contributed by atoms with E-state index in [1.54, 1.807) is 43.3 Å². The van der Waals surface area contributed by atoms with E-state index in [2.05, 4.69) is 25.4 Å². The number of nitrogens with one attached hydrogen (secondary N) is 1. The van der Waals surface area contributed by atoms with Crippen LogP contribution in [0.2, 0.25) is 0 Å². The van der Waals surface area contributed by atoms with Gasteiger partial charge in [0.05, 0.1) is 10.9 Å². The summed E-state index contributed by atoms with van der Waals surface area (Å²) in [5.74, 6) is -0.894. The van der Waals surface area contributed by atoms with Crippen LogP contribution in [0, 0.1) is 0 Å². The van der Waals surface area contributed by atoms with E-state index >= 15 is 0 Å². The lowest BCUT2D eigenvalue weighted by Crippen LogP contribution is -2.33. The summed E-state index contributed by atoms with van der Waals surface area (Å²) in [5.41, 5.74) is 7.69. The predicted octanol–water partition coefficient (Wildman–Crippen LogP) is 4.09. The fraction of sp³-hybridized carbons (Fsp3) is 0.308. The van der Waals surface area contributed by atoms with Crippen molar-refractivity contribution in [3.05, 3.63) is 59.3 Å². The Morgan fingerprint density at radius 3 is 2.62 bits per heavy atom. The average Bonchev–Trinajstić information content (AvgIpc) is 3.37. The van der Waals surface area contributed by atoms with Crippen LogP contribution in [0.25, 0.3) is 22.6 Å². The molecule has 4 N–H and O–H groups in total. The molecule has 10 nitrogen and oxygen atoms in total. The number of carbonyl (C=O) groups excluding carboxylic acids is 1. The molecule has 0 aliphatic carbocycles. The second-order valence-corrected chi connectivity index (χ2v) is 9.49. The Balaban J connectivity index is 1.51. The van der Waals surface area contributed by atoms with Crippen LogP contribution in [-0.2, 0) is 28.0 Å². The minimum atomic E-state index is -4.28. The molecule has 5 rings (SSSR count). The minimum absolute atomic E-state index is 0.00814. The van der Waals surface area contributed by atoms with E-state index < -0.39 is 24.0 Å². The molecule has 0 saturated carbocycles. The van der Waals surface area contributed by atoms with E-state index in [1.807, 2.05) is 0 Å². The lowest BCUT2D eigenvalue weighted by Gasteiger charge is -2.23. The summed E-state index contributed by atoms with van der Waals surface area (Å²) in [6.45, 7) is 1.69. The van der Waals surface area contributed by atoms with Crippen LogP contribution in [-0.4, -0.2) is 47.9 Å². The van der Waals surface area contributed by atoms with Gasteiger partial charge in [-0.3, -0.25) is 9.59 Å². The van der Waals surface area contributed by atoms with E-state index in [0.717, 1.165) is 5.56 Å². The highest BCUT2D eigenvalue weighted by atomic mass is 19.4. The molecule has 0 fully saturated rings. The zero-order valence-electron chi connectivity index (χ0n) is 20.8. The standard InChI is InChI=1S/C26H24F3N7O3/c1-25(15-8-5-14(6-9-15)7-10-17(37)38)18-20(30)32-22(33-21(18)34-24(25)39)19-16-4-2-12-31-23(16)36(35-19)13-3-11-26(27,28)29/h2,4-6,8-9,12H,3,7,10-11,13H2,1H3,(H,37,38)(H3,30,32,33,34,39)/t25-/m0/s1. The van der Waals surface area contributed by atoms with Crippen LogP contribution in [0.5, 0.6) is 0 Å². The highest BCUT2D eigenvalue weighted by molar-refractivity contribution is 6.09. The maximum absolute atomic E-state index is 13.2. The molecule has 1 aliphatic heterocycles. The zero-order chi connectivity index (χ0) is 27.9. The molecule has 13 heteroatoms. The number of nitrogen functional groups attached to an aromatic ring is 1. The Bertz CT molecular complexity index is 1580. The molecular weight excluding hydrogens is 515 g/mol. The molecule has 1 amide bonds. The molecule has 0 bridgehead atoms. The SMILES string of the molecule is C[C@@]1(c2ccc(CCC(=O)O)cc2)C(=O)Nc2nc(-c3nn(CCCC(F)(F)F)c4ncccc34)nc(N)c21. The number of hydrogen-bond donors (Lipinski definition) is 3. The Morgan fingerprint density at radius 1 is 1.18 bits per heavy atom. The zero-order valence-corrected chi connectivity index (χ0v) is 20.8. The first-order valence-corrected chi connectivity index (χ1v) is 12.2. The molecule has 1 aromatic carbocycles. The van der Waals surface area contributed by atoms with Crippen molar-refractivity contribution in [2.45, 2.75) is 50.7 Å². The number of anilines is 2. The van der Waals surface area contributed by atoms with Crippen LogP contribution in [0.15, 0.2) is 42.6 Å². The number of carboxylic acids is 1. The molecule has 0 spiro atoms. The lowest BCUT2D eigenvalue weighted by molar-refractivity contribution is -0.137. The molecule has 0 unspecified atom stereocenters. The molecule has 3 aromatic heterocycles.